The topological polar surface area (TPSA) is 109 Å². The summed E-state index contributed by atoms with van der Waals surface area (Å²) in [5.41, 5.74) is 0.440. The number of anilines is 1. The van der Waals surface area contributed by atoms with Crippen molar-refractivity contribution in [3.05, 3.63) is 56.7 Å². The average molecular weight is 492 g/mol. The number of carboxylic acids is 1. The second-order valence-corrected chi connectivity index (χ2v) is 6.60. The Hall–Kier alpha value is -3.06. The number of amides is 1. The molecule has 0 bridgehead atoms. The predicted molar refractivity (Wildman–Crippen MR) is 113 cm³/mol. The summed E-state index contributed by atoms with van der Waals surface area (Å²) in [6, 6.07) is 11.2. The SMILES string of the molecule is CCOc1c(I)cc(/C=C(\C#N)C(=O)Nc2ccccc2C(=O)O)cc1OC. The van der Waals surface area contributed by atoms with Gasteiger partial charge in [0.1, 0.15) is 11.6 Å². The van der Waals surface area contributed by atoms with Crippen LogP contribution in [-0.2, 0) is 4.79 Å². The first kappa shape index (κ1) is 21.2. The van der Waals surface area contributed by atoms with Crippen molar-refractivity contribution in [1.29, 1.82) is 5.26 Å². The highest BCUT2D eigenvalue weighted by molar-refractivity contribution is 14.1. The molecule has 0 saturated carbocycles. The molecule has 2 rings (SSSR count). The van der Waals surface area contributed by atoms with E-state index in [4.69, 9.17) is 9.47 Å². The number of rotatable bonds is 7. The molecule has 0 atom stereocenters. The predicted octanol–water partition coefficient (Wildman–Crippen LogP) is 3.94. The summed E-state index contributed by atoms with van der Waals surface area (Å²) >= 11 is 2.08. The summed E-state index contributed by atoms with van der Waals surface area (Å²) in [4.78, 5) is 23.7. The summed E-state index contributed by atoms with van der Waals surface area (Å²) in [7, 11) is 1.50. The zero-order chi connectivity index (χ0) is 20.7. The Bertz CT molecular complexity index is 979. The summed E-state index contributed by atoms with van der Waals surface area (Å²) < 4.78 is 11.6. The molecule has 0 saturated heterocycles. The molecule has 8 heteroatoms. The van der Waals surface area contributed by atoms with Gasteiger partial charge in [0, 0.05) is 0 Å². The van der Waals surface area contributed by atoms with Crippen LogP contribution in [0.5, 0.6) is 11.5 Å². The van der Waals surface area contributed by atoms with Gasteiger partial charge in [-0.25, -0.2) is 4.79 Å². The second-order valence-electron chi connectivity index (χ2n) is 5.44. The smallest absolute Gasteiger partial charge is 0.337 e. The summed E-state index contributed by atoms with van der Waals surface area (Å²) in [6.45, 7) is 2.33. The Kier molecular flexibility index (Phi) is 7.40. The fraction of sp³-hybridized carbons (Fsp3) is 0.150. The fourth-order valence-corrected chi connectivity index (χ4v) is 3.17. The van der Waals surface area contributed by atoms with E-state index in [1.165, 1.54) is 25.3 Å². The van der Waals surface area contributed by atoms with Crippen molar-refractivity contribution in [3.8, 4) is 17.6 Å². The zero-order valence-electron chi connectivity index (χ0n) is 15.2. The van der Waals surface area contributed by atoms with Crippen LogP contribution in [-0.4, -0.2) is 30.7 Å². The van der Waals surface area contributed by atoms with Crippen LogP contribution < -0.4 is 14.8 Å². The molecule has 0 fully saturated rings. The fourth-order valence-electron chi connectivity index (χ4n) is 2.39. The molecule has 144 valence electrons. The van der Waals surface area contributed by atoms with Gasteiger partial charge in [0.15, 0.2) is 11.5 Å². The van der Waals surface area contributed by atoms with E-state index in [-0.39, 0.29) is 16.8 Å². The number of hydrogen-bond acceptors (Lipinski definition) is 5. The van der Waals surface area contributed by atoms with Gasteiger partial charge in [0.25, 0.3) is 5.91 Å². The van der Waals surface area contributed by atoms with E-state index in [1.54, 1.807) is 24.3 Å². The number of carbonyl (C=O) groups excluding carboxylic acids is 1. The third-order valence-electron chi connectivity index (χ3n) is 3.62. The van der Waals surface area contributed by atoms with Gasteiger partial charge in [-0.05, 0) is 65.4 Å². The minimum absolute atomic E-state index is 0.0644. The lowest BCUT2D eigenvalue weighted by Crippen LogP contribution is -2.16. The normalized spacial score (nSPS) is 10.7. The molecule has 2 N–H and O–H groups in total. The molecule has 0 spiro atoms. The van der Waals surface area contributed by atoms with Gasteiger partial charge in [0.2, 0.25) is 0 Å². The Balaban J connectivity index is 2.36. The van der Waals surface area contributed by atoms with Crippen LogP contribution in [0.1, 0.15) is 22.8 Å². The van der Waals surface area contributed by atoms with E-state index in [2.05, 4.69) is 27.9 Å². The van der Waals surface area contributed by atoms with Crippen LogP contribution in [0.25, 0.3) is 6.08 Å². The number of hydrogen-bond donors (Lipinski definition) is 2. The van der Waals surface area contributed by atoms with Gasteiger partial charge in [-0.2, -0.15) is 5.26 Å². The van der Waals surface area contributed by atoms with E-state index in [1.807, 2.05) is 13.0 Å². The first-order chi connectivity index (χ1) is 13.4. The summed E-state index contributed by atoms with van der Waals surface area (Å²) in [5.74, 6) is -0.821. The Labute approximate surface area is 175 Å². The molecule has 0 aromatic heterocycles. The molecule has 0 aliphatic heterocycles. The molecule has 0 aliphatic carbocycles. The number of nitrogens with zero attached hydrogens (tertiary/aromatic N) is 1. The molecule has 0 aliphatic rings. The number of benzene rings is 2. The average Bonchev–Trinajstić information content (AvgIpc) is 2.68. The molecule has 0 heterocycles. The number of ether oxygens (including phenoxy) is 2. The number of aromatic carboxylic acids is 1. The van der Waals surface area contributed by atoms with Crippen molar-refractivity contribution in [2.45, 2.75) is 6.92 Å². The van der Waals surface area contributed by atoms with E-state index >= 15 is 0 Å². The Morgan fingerprint density at radius 2 is 2.04 bits per heavy atom. The molecule has 7 nitrogen and oxygen atoms in total. The molecule has 2 aromatic rings. The highest BCUT2D eigenvalue weighted by Gasteiger charge is 2.16. The minimum Gasteiger partial charge on any atom is -0.493 e. The highest BCUT2D eigenvalue weighted by Crippen LogP contribution is 2.34. The third kappa shape index (κ3) is 5.01. The van der Waals surface area contributed by atoms with Gasteiger partial charge in [-0.15, -0.1) is 0 Å². The maximum Gasteiger partial charge on any atom is 0.337 e. The molecular formula is C20H17IN2O5. The highest BCUT2D eigenvalue weighted by atomic mass is 127. The number of carboxylic acid groups (broad SMARTS) is 1. The molecular weight excluding hydrogens is 475 g/mol. The Morgan fingerprint density at radius 3 is 2.64 bits per heavy atom. The van der Waals surface area contributed by atoms with E-state index in [9.17, 15) is 20.0 Å². The monoisotopic (exact) mass is 492 g/mol. The van der Waals surface area contributed by atoms with Crippen molar-refractivity contribution < 1.29 is 24.2 Å². The lowest BCUT2D eigenvalue weighted by Gasteiger charge is -2.12. The summed E-state index contributed by atoms with van der Waals surface area (Å²) in [5, 5.41) is 21.1. The van der Waals surface area contributed by atoms with Crippen molar-refractivity contribution in [1.82, 2.24) is 0 Å². The van der Waals surface area contributed by atoms with Crippen molar-refractivity contribution in [3.63, 3.8) is 0 Å². The van der Waals surface area contributed by atoms with Crippen LogP contribution in [0.2, 0.25) is 0 Å². The number of halogens is 1. The third-order valence-corrected chi connectivity index (χ3v) is 4.42. The lowest BCUT2D eigenvalue weighted by molar-refractivity contribution is -0.112. The van der Waals surface area contributed by atoms with Gasteiger partial charge < -0.3 is 19.9 Å². The van der Waals surface area contributed by atoms with Gasteiger partial charge in [-0.1, -0.05) is 12.1 Å². The van der Waals surface area contributed by atoms with Gasteiger partial charge in [-0.3, -0.25) is 4.79 Å². The largest absolute Gasteiger partial charge is 0.493 e. The number of carbonyl (C=O) groups is 2. The maximum atomic E-state index is 12.5. The van der Waals surface area contributed by atoms with Crippen LogP contribution in [0.3, 0.4) is 0 Å². The number of nitrogens with one attached hydrogen (secondary N) is 1. The van der Waals surface area contributed by atoms with Crippen molar-refractivity contribution in [2.24, 2.45) is 0 Å². The van der Waals surface area contributed by atoms with Crippen molar-refractivity contribution in [2.75, 3.05) is 19.0 Å². The standard InChI is InChI=1S/C20H17IN2O5/c1-3-28-18-15(21)9-12(10-17(18)27-2)8-13(11-22)19(24)23-16-7-5-4-6-14(16)20(25)26/h4-10H,3H2,1-2H3,(H,23,24)(H,25,26)/b13-8+. The molecule has 28 heavy (non-hydrogen) atoms. The number of para-hydroxylation sites is 1. The molecule has 0 radical (unpaired) electrons. The lowest BCUT2D eigenvalue weighted by atomic mass is 10.1. The molecule has 0 unspecified atom stereocenters. The van der Waals surface area contributed by atoms with E-state index in [0.717, 1.165) is 3.57 Å². The van der Waals surface area contributed by atoms with Crippen molar-refractivity contribution >= 4 is 46.2 Å². The summed E-state index contributed by atoms with van der Waals surface area (Å²) in [6.07, 6.45) is 1.40. The van der Waals surface area contributed by atoms with E-state index in [0.29, 0.717) is 23.7 Å². The van der Waals surface area contributed by atoms with Crippen LogP contribution in [0, 0.1) is 14.9 Å². The minimum atomic E-state index is -1.18. The van der Waals surface area contributed by atoms with Crippen LogP contribution in [0.4, 0.5) is 5.69 Å². The maximum absolute atomic E-state index is 12.5. The van der Waals surface area contributed by atoms with Gasteiger partial charge in [0.05, 0.1) is 28.5 Å². The van der Waals surface area contributed by atoms with E-state index < -0.39 is 11.9 Å². The first-order valence-electron chi connectivity index (χ1n) is 8.17. The number of nitriles is 1. The number of methoxy groups -OCH3 is 1. The first-order valence-corrected chi connectivity index (χ1v) is 9.24. The van der Waals surface area contributed by atoms with Gasteiger partial charge >= 0.3 is 5.97 Å². The quantitative estimate of drug-likeness (QED) is 0.345. The Morgan fingerprint density at radius 1 is 1.32 bits per heavy atom. The second kappa shape index (κ2) is 9.75. The van der Waals surface area contributed by atoms with Crippen LogP contribution >= 0.6 is 22.6 Å². The molecule has 1 amide bonds. The zero-order valence-corrected chi connectivity index (χ0v) is 17.3. The van der Waals surface area contributed by atoms with Crippen LogP contribution in [0.15, 0.2) is 42.0 Å². The molecule has 2 aromatic carbocycles.